The van der Waals surface area contributed by atoms with Crippen LogP contribution in [0.3, 0.4) is 0 Å². The molecule has 1 aliphatic carbocycles. The Hall–Kier alpha value is -2.71. The van der Waals surface area contributed by atoms with Gasteiger partial charge in [-0.05, 0) is 50.9 Å². The van der Waals surface area contributed by atoms with Crippen LogP contribution in [0.4, 0.5) is 5.69 Å². The first-order chi connectivity index (χ1) is 15.9. The van der Waals surface area contributed by atoms with Gasteiger partial charge in [0, 0.05) is 37.3 Å². The highest BCUT2D eigenvalue weighted by atomic mass is 16.5. The summed E-state index contributed by atoms with van der Waals surface area (Å²) in [5.74, 6) is 0.252. The van der Waals surface area contributed by atoms with Crippen LogP contribution in [0.2, 0.25) is 0 Å². The van der Waals surface area contributed by atoms with E-state index in [-0.39, 0.29) is 17.1 Å². The van der Waals surface area contributed by atoms with Crippen LogP contribution in [0, 0.1) is 11.3 Å². The van der Waals surface area contributed by atoms with Gasteiger partial charge in [-0.3, -0.25) is 9.59 Å². The fourth-order valence-electron chi connectivity index (χ4n) is 5.88. The second kappa shape index (κ2) is 8.57. The standard InChI is InChI=1S/C25H31N3O5/c1-16-19-15-33-14-17(19)11-20(29)23(16)21(30)13-27-8-4-25(5-9-27)6-10-28(24(25)31)18-3-7-26-22(12-18)32-2/h3,7,12,14,21,23,30H,4-6,8-11,13,15H2,1-2H3/t21-,23?/m0/s1. The molecule has 4 heterocycles. The number of amides is 1. The predicted octanol–water partition coefficient (Wildman–Crippen LogP) is 2.09. The normalized spacial score (nSPS) is 25.8. The van der Waals surface area contributed by atoms with Crippen molar-refractivity contribution in [2.45, 2.75) is 38.7 Å². The zero-order valence-corrected chi connectivity index (χ0v) is 19.2. The van der Waals surface area contributed by atoms with E-state index in [1.54, 1.807) is 25.6 Å². The molecule has 1 aromatic rings. The number of pyridine rings is 1. The lowest BCUT2D eigenvalue weighted by molar-refractivity contribution is -0.128. The quantitative estimate of drug-likeness (QED) is 0.730. The number of carbonyl (C=O) groups is 2. The van der Waals surface area contributed by atoms with Gasteiger partial charge in [-0.2, -0.15) is 0 Å². The third-order valence-electron chi connectivity index (χ3n) is 7.89. The minimum atomic E-state index is -0.749. The van der Waals surface area contributed by atoms with Crippen molar-refractivity contribution in [3.05, 3.63) is 41.3 Å². The van der Waals surface area contributed by atoms with Gasteiger partial charge in [0.25, 0.3) is 0 Å². The molecule has 2 fully saturated rings. The third-order valence-corrected chi connectivity index (χ3v) is 7.89. The van der Waals surface area contributed by atoms with Gasteiger partial charge in [0.1, 0.15) is 12.4 Å². The van der Waals surface area contributed by atoms with E-state index in [0.29, 0.717) is 32.0 Å². The lowest BCUT2D eigenvalue weighted by Crippen LogP contribution is -2.48. The minimum absolute atomic E-state index is 0.0587. The lowest BCUT2D eigenvalue weighted by Gasteiger charge is -2.39. The molecule has 2 saturated heterocycles. The average molecular weight is 454 g/mol. The number of hydrogen-bond donors (Lipinski definition) is 1. The predicted molar refractivity (Wildman–Crippen MR) is 122 cm³/mol. The molecule has 5 rings (SSSR count). The summed E-state index contributed by atoms with van der Waals surface area (Å²) in [7, 11) is 1.57. The molecule has 1 aromatic heterocycles. The maximum absolute atomic E-state index is 13.4. The second-order valence-electron chi connectivity index (χ2n) is 9.65. The molecular weight excluding hydrogens is 422 g/mol. The summed E-state index contributed by atoms with van der Waals surface area (Å²) in [5.41, 5.74) is 3.44. The number of aliphatic hydroxyl groups excluding tert-OH is 1. The van der Waals surface area contributed by atoms with Gasteiger partial charge in [-0.1, -0.05) is 5.57 Å². The van der Waals surface area contributed by atoms with Gasteiger partial charge in [0.2, 0.25) is 11.8 Å². The first-order valence-electron chi connectivity index (χ1n) is 11.7. The molecule has 2 atom stereocenters. The van der Waals surface area contributed by atoms with E-state index in [0.717, 1.165) is 54.8 Å². The number of aromatic nitrogens is 1. The van der Waals surface area contributed by atoms with Crippen molar-refractivity contribution in [2.75, 3.05) is 44.8 Å². The van der Waals surface area contributed by atoms with E-state index in [2.05, 4.69) is 9.88 Å². The smallest absolute Gasteiger partial charge is 0.233 e. The van der Waals surface area contributed by atoms with Gasteiger partial charge >= 0.3 is 0 Å². The van der Waals surface area contributed by atoms with Crippen LogP contribution in [0.1, 0.15) is 32.6 Å². The number of ketones is 1. The Balaban J connectivity index is 1.22. The van der Waals surface area contributed by atoms with Crippen LogP contribution in [-0.4, -0.2) is 72.7 Å². The van der Waals surface area contributed by atoms with E-state index in [4.69, 9.17) is 9.47 Å². The molecule has 4 aliphatic rings. The van der Waals surface area contributed by atoms with Gasteiger partial charge < -0.3 is 24.4 Å². The number of β-amino-alcohol motifs (C(OH)–C–C–N with tert-alkyl or cyclic N) is 1. The van der Waals surface area contributed by atoms with E-state index in [9.17, 15) is 14.7 Å². The average Bonchev–Trinajstić information content (AvgIpc) is 3.41. The van der Waals surface area contributed by atoms with E-state index >= 15 is 0 Å². The van der Waals surface area contributed by atoms with Gasteiger partial charge in [0.15, 0.2) is 0 Å². The van der Waals surface area contributed by atoms with Gasteiger partial charge in [-0.25, -0.2) is 4.98 Å². The van der Waals surface area contributed by atoms with E-state index in [1.807, 2.05) is 17.9 Å². The van der Waals surface area contributed by atoms with Gasteiger partial charge in [0.05, 0.1) is 36.5 Å². The number of ether oxygens (including phenoxy) is 2. The van der Waals surface area contributed by atoms with Crippen molar-refractivity contribution in [1.82, 2.24) is 9.88 Å². The molecule has 176 valence electrons. The zero-order valence-electron chi connectivity index (χ0n) is 19.2. The van der Waals surface area contributed by atoms with Crippen LogP contribution in [-0.2, 0) is 14.3 Å². The Labute approximate surface area is 193 Å². The topological polar surface area (TPSA) is 92.2 Å². The maximum Gasteiger partial charge on any atom is 0.233 e. The molecule has 1 N–H and O–H groups in total. The number of nitrogens with zero attached hydrogens (tertiary/aromatic N) is 3. The largest absolute Gasteiger partial charge is 0.496 e. The van der Waals surface area contributed by atoms with Crippen molar-refractivity contribution in [2.24, 2.45) is 11.3 Å². The Kier molecular flexibility index (Phi) is 5.74. The number of carbonyl (C=O) groups excluding carboxylic acids is 2. The molecule has 8 heteroatoms. The first-order valence-corrected chi connectivity index (χ1v) is 11.7. The molecule has 1 amide bonds. The fourth-order valence-corrected chi connectivity index (χ4v) is 5.88. The van der Waals surface area contributed by atoms with Crippen molar-refractivity contribution in [3.8, 4) is 5.88 Å². The SMILES string of the molecule is COc1cc(N2CCC3(CCN(C[C@H](O)C4C(=O)CC5=COCC5=C4C)CC3)C2=O)ccn1. The number of likely N-dealkylation sites (tertiary alicyclic amines) is 1. The zero-order chi connectivity index (χ0) is 23.2. The number of aliphatic hydroxyl groups is 1. The number of anilines is 1. The minimum Gasteiger partial charge on any atom is -0.496 e. The van der Waals surface area contributed by atoms with Crippen LogP contribution >= 0.6 is 0 Å². The summed E-state index contributed by atoms with van der Waals surface area (Å²) in [6.07, 6.45) is 5.27. The summed E-state index contributed by atoms with van der Waals surface area (Å²) in [6.45, 7) is 5.04. The molecule has 0 aromatic carbocycles. The summed E-state index contributed by atoms with van der Waals surface area (Å²) in [4.78, 5) is 34.3. The van der Waals surface area contributed by atoms with Crippen LogP contribution in [0.5, 0.6) is 5.88 Å². The van der Waals surface area contributed by atoms with E-state index < -0.39 is 12.0 Å². The molecule has 1 unspecified atom stereocenters. The van der Waals surface area contributed by atoms with Crippen molar-refractivity contribution in [1.29, 1.82) is 0 Å². The highest BCUT2D eigenvalue weighted by Gasteiger charge is 2.49. The monoisotopic (exact) mass is 453 g/mol. The van der Waals surface area contributed by atoms with Crippen molar-refractivity contribution >= 4 is 17.4 Å². The van der Waals surface area contributed by atoms with Crippen molar-refractivity contribution < 1.29 is 24.2 Å². The number of methoxy groups -OCH3 is 1. The number of piperidine rings is 1. The Bertz CT molecular complexity index is 1020. The maximum atomic E-state index is 13.4. The highest BCUT2D eigenvalue weighted by molar-refractivity contribution is 6.00. The Morgan fingerprint density at radius 2 is 2.03 bits per heavy atom. The summed E-state index contributed by atoms with van der Waals surface area (Å²) in [6, 6.07) is 3.65. The molecule has 33 heavy (non-hydrogen) atoms. The molecule has 0 bridgehead atoms. The Morgan fingerprint density at radius 1 is 1.27 bits per heavy atom. The van der Waals surface area contributed by atoms with Gasteiger partial charge in [-0.15, -0.1) is 0 Å². The van der Waals surface area contributed by atoms with Crippen LogP contribution in [0.15, 0.2) is 41.3 Å². The van der Waals surface area contributed by atoms with Crippen molar-refractivity contribution in [3.63, 3.8) is 0 Å². The fraction of sp³-hybridized carbons (Fsp3) is 0.560. The number of fused-ring (bicyclic) bond motifs is 1. The molecule has 0 saturated carbocycles. The summed E-state index contributed by atoms with van der Waals surface area (Å²) in [5, 5.41) is 11.0. The number of Topliss-reactive ketones (excluding diaryl/α,β-unsaturated/α-hetero) is 1. The van der Waals surface area contributed by atoms with Crippen LogP contribution in [0.25, 0.3) is 0 Å². The molecule has 1 spiro atoms. The number of hydrogen-bond acceptors (Lipinski definition) is 7. The molecule has 3 aliphatic heterocycles. The molecular formula is C25H31N3O5. The highest BCUT2D eigenvalue weighted by Crippen LogP contribution is 2.44. The van der Waals surface area contributed by atoms with E-state index in [1.165, 1.54) is 0 Å². The summed E-state index contributed by atoms with van der Waals surface area (Å²) >= 11 is 0. The van der Waals surface area contributed by atoms with Crippen LogP contribution < -0.4 is 9.64 Å². The lowest BCUT2D eigenvalue weighted by atomic mass is 9.76. The Morgan fingerprint density at radius 3 is 2.79 bits per heavy atom. The summed E-state index contributed by atoms with van der Waals surface area (Å²) < 4.78 is 10.6. The number of rotatable bonds is 5. The third kappa shape index (κ3) is 3.85. The molecule has 8 nitrogen and oxygen atoms in total. The first kappa shape index (κ1) is 22.1. The second-order valence-corrected chi connectivity index (χ2v) is 9.65. The molecule has 0 radical (unpaired) electrons.